The van der Waals surface area contributed by atoms with Crippen molar-refractivity contribution in [1.29, 1.82) is 0 Å². The maximum absolute atomic E-state index is 12.5. The molecule has 7 heteroatoms. The van der Waals surface area contributed by atoms with Gasteiger partial charge in [-0.25, -0.2) is 9.78 Å². The van der Waals surface area contributed by atoms with E-state index in [4.69, 9.17) is 21.1 Å². The summed E-state index contributed by atoms with van der Waals surface area (Å²) >= 11 is 7.97. The number of aryl methyl sites for hydroxylation is 1. The van der Waals surface area contributed by atoms with Gasteiger partial charge < -0.3 is 14.0 Å². The number of ether oxygens (including phenoxy) is 2. The molecule has 2 aromatic heterocycles. The number of benzene rings is 1. The van der Waals surface area contributed by atoms with Crippen LogP contribution in [0, 0.1) is 0 Å². The van der Waals surface area contributed by atoms with Crippen LogP contribution in [0.3, 0.4) is 0 Å². The molecule has 31 heavy (non-hydrogen) atoms. The summed E-state index contributed by atoms with van der Waals surface area (Å²) in [7, 11) is 3.03. The summed E-state index contributed by atoms with van der Waals surface area (Å²) in [5, 5.41) is 2.64. The fourth-order valence-corrected chi connectivity index (χ4v) is 4.35. The zero-order valence-electron chi connectivity index (χ0n) is 18.1. The Labute approximate surface area is 192 Å². The summed E-state index contributed by atoms with van der Waals surface area (Å²) in [6.07, 6.45) is 7.14. The minimum absolute atomic E-state index is 0.354. The lowest BCUT2D eigenvalue weighted by molar-refractivity contribution is -0.136. The average molecular weight is 459 g/mol. The Hall–Kier alpha value is -2.57. The van der Waals surface area contributed by atoms with Gasteiger partial charge in [0.1, 0.15) is 11.6 Å². The first-order chi connectivity index (χ1) is 15.0. The summed E-state index contributed by atoms with van der Waals surface area (Å²) in [6, 6.07) is 9.74. The highest BCUT2D eigenvalue weighted by Crippen LogP contribution is 2.26. The Morgan fingerprint density at radius 2 is 2.10 bits per heavy atom. The van der Waals surface area contributed by atoms with E-state index in [1.807, 2.05) is 48.0 Å². The molecule has 2 heterocycles. The molecule has 0 N–H and O–H groups in total. The molecule has 0 amide bonds. The minimum Gasteiger partial charge on any atom is -0.496 e. The zero-order chi connectivity index (χ0) is 22.2. The number of thiophene rings is 1. The molecule has 5 nitrogen and oxygen atoms in total. The van der Waals surface area contributed by atoms with E-state index in [9.17, 15) is 4.79 Å². The number of nitrogens with zero attached hydrogens (tertiary/aromatic N) is 2. The molecule has 0 aliphatic carbocycles. The molecule has 0 bridgehead atoms. The number of unbranched alkanes of at least 4 members (excludes halogenated alkanes) is 1. The highest BCUT2D eigenvalue weighted by atomic mass is 35.5. The van der Waals surface area contributed by atoms with E-state index in [1.165, 1.54) is 7.11 Å². The Bertz CT molecular complexity index is 1050. The first-order valence-corrected chi connectivity index (χ1v) is 11.5. The van der Waals surface area contributed by atoms with Gasteiger partial charge >= 0.3 is 5.97 Å². The van der Waals surface area contributed by atoms with Gasteiger partial charge in [-0.3, -0.25) is 0 Å². The zero-order valence-corrected chi connectivity index (χ0v) is 19.6. The molecule has 3 aromatic rings. The van der Waals surface area contributed by atoms with E-state index in [2.05, 4.69) is 16.5 Å². The van der Waals surface area contributed by atoms with Crippen molar-refractivity contribution >= 4 is 35.0 Å². The molecule has 0 atom stereocenters. The predicted octanol–water partition coefficient (Wildman–Crippen LogP) is 5.80. The number of rotatable bonds is 10. The first kappa shape index (κ1) is 23.1. The van der Waals surface area contributed by atoms with Crippen molar-refractivity contribution in [2.24, 2.45) is 0 Å². The van der Waals surface area contributed by atoms with Gasteiger partial charge in [-0.05, 0) is 30.2 Å². The molecule has 0 spiro atoms. The van der Waals surface area contributed by atoms with Crippen LogP contribution in [0.5, 0.6) is 5.75 Å². The largest absolute Gasteiger partial charge is 0.496 e. The third-order valence-corrected chi connectivity index (χ3v) is 6.29. The standard InChI is InChI=1S/C24H27ClN2O3S/c1-4-5-10-23-26-14-19(27(23)15-17-8-6-7-9-22(17)25)11-18(24(28)30-3)12-21-13-20(29-2)16-31-21/h6-9,11,13-14,16H,4-5,10,12,15H2,1-3H3/b18-11+. The van der Waals surface area contributed by atoms with E-state index < -0.39 is 0 Å². The van der Waals surface area contributed by atoms with Crippen LogP contribution in [0.1, 0.15) is 41.7 Å². The number of carbonyl (C=O) groups excluding carboxylic acids is 1. The number of imidazole rings is 1. The van der Waals surface area contributed by atoms with Crippen molar-refractivity contribution in [3.05, 3.63) is 74.5 Å². The lowest BCUT2D eigenvalue weighted by atomic mass is 10.1. The Balaban J connectivity index is 1.98. The van der Waals surface area contributed by atoms with Crippen LogP contribution >= 0.6 is 22.9 Å². The second-order valence-corrected chi connectivity index (χ2v) is 8.57. The van der Waals surface area contributed by atoms with E-state index in [0.29, 0.717) is 23.6 Å². The van der Waals surface area contributed by atoms with Gasteiger partial charge in [0.05, 0.1) is 32.7 Å². The number of halogens is 1. The number of aromatic nitrogens is 2. The van der Waals surface area contributed by atoms with Crippen molar-refractivity contribution in [3.63, 3.8) is 0 Å². The molecule has 0 saturated carbocycles. The smallest absolute Gasteiger partial charge is 0.334 e. The number of carbonyl (C=O) groups is 1. The Morgan fingerprint density at radius 3 is 2.77 bits per heavy atom. The molecular formula is C24H27ClN2O3S. The highest BCUT2D eigenvalue weighted by Gasteiger charge is 2.16. The minimum atomic E-state index is -0.354. The third-order valence-electron chi connectivity index (χ3n) is 5.01. The van der Waals surface area contributed by atoms with Crippen LogP contribution in [0.4, 0.5) is 0 Å². The first-order valence-electron chi connectivity index (χ1n) is 10.2. The lowest BCUT2D eigenvalue weighted by Gasteiger charge is -2.13. The van der Waals surface area contributed by atoms with E-state index in [0.717, 1.165) is 47.0 Å². The van der Waals surface area contributed by atoms with Crippen LogP contribution in [-0.2, 0) is 28.9 Å². The van der Waals surface area contributed by atoms with Crippen LogP contribution in [0.2, 0.25) is 5.02 Å². The lowest BCUT2D eigenvalue weighted by Crippen LogP contribution is -2.10. The van der Waals surface area contributed by atoms with E-state index in [-0.39, 0.29) is 5.97 Å². The maximum Gasteiger partial charge on any atom is 0.334 e. The van der Waals surface area contributed by atoms with Crippen molar-refractivity contribution in [1.82, 2.24) is 9.55 Å². The predicted molar refractivity (Wildman–Crippen MR) is 126 cm³/mol. The van der Waals surface area contributed by atoms with E-state index >= 15 is 0 Å². The fraction of sp³-hybridized carbons (Fsp3) is 0.333. The monoisotopic (exact) mass is 458 g/mol. The molecule has 0 saturated heterocycles. The second-order valence-electron chi connectivity index (χ2n) is 7.17. The Kier molecular flexibility index (Phi) is 8.32. The molecule has 164 valence electrons. The van der Waals surface area contributed by atoms with Crippen molar-refractivity contribution < 1.29 is 14.3 Å². The van der Waals surface area contributed by atoms with Gasteiger partial charge in [0.15, 0.2) is 0 Å². The van der Waals surface area contributed by atoms with Crippen LogP contribution in [0.25, 0.3) is 6.08 Å². The third kappa shape index (κ3) is 5.99. The number of methoxy groups -OCH3 is 2. The molecule has 0 fully saturated rings. The van der Waals surface area contributed by atoms with Crippen LogP contribution < -0.4 is 4.74 Å². The maximum atomic E-state index is 12.5. The molecule has 1 aromatic carbocycles. The average Bonchev–Trinajstić information content (AvgIpc) is 3.39. The number of hydrogen-bond acceptors (Lipinski definition) is 5. The summed E-state index contributed by atoms with van der Waals surface area (Å²) in [6.45, 7) is 2.75. The second kappa shape index (κ2) is 11.2. The van der Waals surface area contributed by atoms with Gasteiger partial charge in [-0.1, -0.05) is 43.1 Å². The molecule has 0 unspecified atom stereocenters. The van der Waals surface area contributed by atoms with Crippen molar-refractivity contribution in [2.45, 2.75) is 39.2 Å². The number of esters is 1. The molecule has 0 aliphatic heterocycles. The summed E-state index contributed by atoms with van der Waals surface area (Å²) in [4.78, 5) is 18.2. The van der Waals surface area contributed by atoms with Crippen molar-refractivity contribution in [2.75, 3.05) is 14.2 Å². The summed E-state index contributed by atoms with van der Waals surface area (Å²) in [5.74, 6) is 1.41. The van der Waals surface area contributed by atoms with Crippen LogP contribution in [0.15, 0.2) is 47.5 Å². The van der Waals surface area contributed by atoms with Crippen LogP contribution in [-0.4, -0.2) is 29.7 Å². The van der Waals surface area contributed by atoms with E-state index in [1.54, 1.807) is 18.4 Å². The SMILES string of the molecule is CCCCc1ncc(/C=C(\Cc2cc(OC)cs2)C(=O)OC)n1Cc1ccccc1Cl. The highest BCUT2D eigenvalue weighted by molar-refractivity contribution is 7.10. The fourth-order valence-electron chi connectivity index (χ4n) is 3.30. The molecule has 0 radical (unpaired) electrons. The Morgan fingerprint density at radius 1 is 1.29 bits per heavy atom. The molecular weight excluding hydrogens is 432 g/mol. The van der Waals surface area contributed by atoms with Gasteiger partial charge in [-0.15, -0.1) is 11.3 Å². The summed E-state index contributed by atoms with van der Waals surface area (Å²) < 4.78 is 12.5. The van der Waals surface area contributed by atoms with Crippen molar-refractivity contribution in [3.8, 4) is 5.75 Å². The summed E-state index contributed by atoms with van der Waals surface area (Å²) in [5.41, 5.74) is 2.43. The normalized spacial score (nSPS) is 11.5. The van der Waals surface area contributed by atoms with Gasteiger partial charge in [0.2, 0.25) is 0 Å². The van der Waals surface area contributed by atoms with Gasteiger partial charge in [0.25, 0.3) is 0 Å². The topological polar surface area (TPSA) is 53.4 Å². The quantitative estimate of drug-likeness (QED) is 0.284. The van der Waals surface area contributed by atoms with Gasteiger partial charge in [0, 0.05) is 33.7 Å². The molecule has 3 rings (SSSR count). The molecule has 0 aliphatic rings. The van der Waals surface area contributed by atoms with Gasteiger partial charge in [-0.2, -0.15) is 0 Å². The number of hydrogen-bond donors (Lipinski definition) is 0.